The van der Waals surface area contributed by atoms with Crippen LogP contribution in [0.3, 0.4) is 0 Å². The Labute approximate surface area is 81.9 Å². The monoisotopic (exact) mass is 217 g/mol. The molecule has 0 unspecified atom stereocenters. The van der Waals surface area contributed by atoms with Crippen LogP contribution in [0.15, 0.2) is 18.5 Å². The van der Waals surface area contributed by atoms with Crippen LogP contribution >= 0.6 is 0 Å². The highest BCUT2D eigenvalue weighted by molar-refractivity contribution is 7.89. The Morgan fingerprint density at radius 3 is 2.36 bits per heavy atom. The van der Waals surface area contributed by atoms with E-state index in [1.54, 1.807) is 6.07 Å². The molecule has 3 N–H and O–H groups in total. The number of aliphatic hydroxyl groups is 1. The molecule has 0 fully saturated rings. The fourth-order valence-electron chi connectivity index (χ4n) is 0.853. The van der Waals surface area contributed by atoms with Crippen molar-refractivity contribution in [1.29, 1.82) is 0 Å². The molecular formula is C7H11N3O3S. The predicted molar refractivity (Wildman–Crippen MR) is 49.6 cm³/mol. The van der Waals surface area contributed by atoms with Crippen molar-refractivity contribution in [2.75, 3.05) is 0 Å². The van der Waals surface area contributed by atoms with Crippen LogP contribution in [0.5, 0.6) is 0 Å². The SMILES string of the molecule is C[C@@H]([C@H](O)c1ncccn1)S(N)(=O)=O. The molecular weight excluding hydrogens is 206 g/mol. The standard InChI is InChI=1S/C7H11N3O3S/c1-5(14(8,12)13)6(11)7-9-3-2-4-10-7/h2-6,11H,1H3,(H2,8,12,13)/t5-,6-/m0/s1. The van der Waals surface area contributed by atoms with Gasteiger partial charge in [-0.1, -0.05) is 0 Å². The Balaban J connectivity index is 2.92. The number of rotatable bonds is 3. The Bertz CT molecular complexity index is 392. The van der Waals surface area contributed by atoms with Gasteiger partial charge in [-0.3, -0.25) is 0 Å². The zero-order valence-electron chi connectivity index (χ0n) is 7.53. The molecule has 1 aromatic heterocycles. The minimum absolute atomic E-state index is 0.0500. The summed E-state index contributed by atoms with van der Waals surface area (Å²) < 4.78 is 21.8. The van der Waals surface area contributed by atoms with Gasteiger partial charge in [-0.05, 0) is 13.0 Å². The van der Waals surface area contributed by atoms with Crippen LogP contribution in [0.25, 0.3) is 0 Å². The van der Waals surface area contributed by atoms with Crippen LogP contribution < -0.4 is 5.14 Å². The van der Waals surface area contributed by atoms with Gasteiger partial charge in [0.05, 0.1) is 0 Å². The molecule has 1 rings (SSSR count). The first-order chi connectivity index (χ1) is 6.43. The Morgan fingerprint density at radius 2 is 1.93 bits per heavy atom. The smallest absolute Gasteiger partial charge is 0.214 e. The molecule has 2 atom stereocenters. The van der Waals surface area contributed by atoms with Gasteiger partial charge >= 0.3 is 0 Å². The molecule has 6 nitrogen and oxygen atoms in total. The number of nitrogens with two attached hydrogens (primary N) is 1. The van der Waals surface area contributed by atoms with Gasteiger partial charge in [-0.15, -0.1) is 0 Å². The van der Waals surface area contributed by atoms with E-state index in [0.29, 0.717) is 0 Å². The summed E-state index contributed by atoms with van der Waals surface area (Å²) in [5.74, 6) is 0.0500. The number of primary sulfonamides is 1. The van der Waals surface area contributed by atoms with E-state index >= 15 is 0 Å². The van der Waals surface area contributed by atoms with Gasteiger partial charge in [-0.2, -0.15) is 0 Å². The van der Waals surface area contributed by atoms with Gasteiger partial charge in [0.15, 0.2) is 5.82 Å². The zero-order valence-corrected chi connectivity index (χ0v) is 8.35. The van der Waals surface area contributed by atoms with E-state index in [9.17, 15) is 13.5 Å². The summed E-state index contributed by atoms with van der Waals surface area (Å²) in [7, 11) is -3.78. The number of aromatic nitrogens is 2. The fraction of sp³-hybridized carbons (Fsp3) is 0.429. The lowest BCUT2D eigenvalue weighted by atomic mass is 10.2. The van der Waals surface area contributed by atoms with Crippen molar-refractivity contribution >= 4 is 10.0 Å². The number of sulfonamides is 1. The molecule has 0 radical (unpaired) electrons. The third-order valence-corrected chi connectivity index (χ3v) is 3.11. The fourth-order valence-corrected chi connectivity index (χ4v) is 1.33. The van der Waals surface area contributed by atoms with E-state index in [1.807, 2.05) is 0 Å². The summed E-state index contributed by atoms with van der Waals surface area (Å²) in [6.45, 7) is 1.30. The largest absolute Gasteiger partial charge is 0.384 e. The minimum Gasteiger partial charge on any atom is -0.384 e. The molecule has 0 spiro atoms. The molecule has 0 aliphatic rings. The maximum atomic E-state index is 10.9. The van der Waals surface area contributed by atoms with Gasteiger partial charge < -0.3 is 5.11 Å². The summed E-state index contributed by atoms with van der Waals surface area (Å²) in [6.07, 6.45) is 1.54. The molecule has 0 amide bonds. The van der Waals surface area contributed by atoms with Gasteiger partial charge in [-0.25, -0.2) is 23.5 Å². The van der Waals surface area contributed by atoms with Crippen molar-refractivity contribution < 1.29 is 13.5 Å². The minimum atomic E-state index is -3.78. The van der Waals surface area contributed by atoms with E-state index in [4.69, 9.17) is 5.14 Å². The van der Waals surface area contributed by atoms with Gasteiger partial charge in [0.1, 0.15) is 11.4 Å². The van der Waals surface area contributed by atoms with Crippen LogP contribution in [-0.2, 0) is 10.0 Å². The van der Waals surface area contributed by atoms with Crippen molar-refractivity contribution in [3.05, 3.63) is 24.3 Å². The number of hydrogen-bond donors (Lipinski definition) is 2. The zero-order chi connectivity index (χ0) is 10.8. The van der Waals surface area contributed by atoms with Crippen molar-refractivity contribution in [1.82, 2.24) is 9.97 Å². The second-order valence-electron chi connectivity index (χ2n) is 2.85. The molecule has 1 heterocycles. The van der Waals surface area contributed by atoms with Crippen molar-refractivity contribution in [2.24, 2.45) is 5.14 Å². The quantitative estimate of drug-likeness (QED) is 0.688. The molecule has 0 aliphatic heterocycles. The van der Waals surface area contributed by atoms with Crippen LogP contribution in [0.2, 0.25) is 0 Å². The van der Waals surface area contributed by atoms with Crippen LogP contribution in [0.4, 0.5) is 0 Å². The first-order valence-electron chi connectivity index (χ1n) is 3.89. The molecule has 14 heavy (non-hydrogen) atoms. The third-order valence-electron chi connectivity index (χ3n) is 1.81. The van der Waals surface area contributed by atoms with Crippen molar-refractivity contribution in [3.8, 4) is 0 Å². The number of hydrogen-bond acceptors (Lipinski definition) is 5. The first-order valence-corrected chi connectivity index (χ1v) is 5.50. The number of aliphatic hydroxyl groups excluding tert-OH is 1. The Morgan fingerprint density at radius 1 is 1.43 bits per heavy atom. The lowest BCUT2D eigenvalue weighted by Gasteiger charge is -2.14. The second-order valence-corrected chi connectivity index (χ2v) is 4.77. The molecule has 0 aliphatic carbocycles. The van der Waals surface area contributed by atoms with E-state index in [2.05, 4.69) is 9.97 Å². The average molecular weight is 217 g/mol. The molecule has 0 bridgehead atoms. The summed E-state index contributed by atoms with van der Waals surface area (Å²) >= 11 is 0. The van der Waals surface area contributed by atoms with Crippen LogP contribution in [0.1, 0.15) is 18.9 Å². The van der Waals surface area contributed by atoms with Gasteiger partial charge in [0, 0.05) is 12.4 Å². The normalized spacial score (nSPS) is 16.2. The Hall–Kier alpha value is -1.05. The highest BCUT2D eigenvalue weighted by atomic mass is 32.2. The second kappa shape index (κ2) is 3.99. The molecule has 0 aromatic carbocycles. The molecule has 78 valence electrons. The van der Waals surface area contributed by atoms with Crippen LogP contribution in [0, 0.1) is 0 Å². The number of nitrogens with zero attached hydrogens (tertiary/aromatic N) is 2. The predicted octanol–water partition coefficient (Wildman–Crippen LogP) is -0.813. The summed E-state index contributed by atoms with van der Waals surface area (Å²) in [4.78, 5) is 7.46. The van der Waals surface area contributed by atoms with E-state index in [0.717, 1.165) is 0 Å². The first kappa shape index (κ1) is 11.0. The third kappa shape index (κ3) is 2.47. The average Bonchev–Trinajstić information content (AvgIpc) is 2.15. The van der Waals surface area contributed by atoms with Crippen molar-refractivity contribution in [3.63, 3.8) is 0 Å². The molecule has 1 aromatic rings. The molecule has 7 heteroatoms. The highest BCUT2D eigenvalue weighted by Gasteiger charge is 2.27. The van der Waals surface area contributed by atoms with E-state index in [1.165, 1.54) is 19.3 Å². The summed E-state index contributed by atoms with van der Waals surface area (Å²) in [6, 6.07) is 1.57. The van der Waals surface area contributed by atoms with Crippen molar-refractivity contribution in [2.45, 2.75) is 18.3 Å². The van der Waals surface area contributed by atoms with E-state index < -0.39 is 21.4 Å². The summed E-state index contributed by atoms with van der Waals surface area (Å²) in [5, 5.41) is 13.3. The highest BCUT2D eigenvalue weighted by Crippen LogP contribution is 2.15. The van der Waals surface area contributed by atoms with Gasteiger partial charge in [0.2, 0.25) is 10.0 Å². The topological polar surface area (TPSA) is 106 Å². The van der Waals surface area contributed by atoms with Crippen LogP contribution in [-0.4, -0.2) is 28.7 Å². The van der Waals surface area contributed by atoms with E-state index in [-0.39, 0.29) is 5.82 Å². The maximum absolute atomic E-state index is 10.9. The lowest BCUT2D eigenvalue weighted by Crippen LogP contribution is -2.32. The molecule has 0 saturated carbocycles. The Kier molecular flexibility index (Phi) is 3.14. The summed E-state index contributed by atoms with van der Waals surface area (Å²) in [5.41, 5.74) is 0. The van der Waals surface area contributed by atoms with Gasteiger partial charge in [0.25, 0.3) is 0 Å². The molecule has 0 saturated heterocycles. The maximum Gasteiger partial charge on any atom is 0.214 e. The lowest BCUT2D eigenvalue weighted by molar-refractivity contribution is 0.166.